The van der Waals surface area contributed by atoms with Crippen LogP contribution in [0.3, 0.4) is 0 Å². The molecule has 0 heterocycles. The lowest BCUT2D eigenvalue weighted by atomic mass is 9.88. The van der Waals surface area contributed by atoms with Crippen LogP contribution in [0.1, 0.15) is 62.6 Å². The minimum absolute atomic E-state index is 0.253. The van der Waals surface area contributed by atoms with Crippen molar-refractivity contribution in [3.8, 4) is 0 Å². The zero-order valence-corrected chi connectivity index (χ0v) is 12.9. The first kappa shape index (κ1) is 15.1. The Hall–Kier alpha value is -1.31. The van der Waals surface area contributed by atoms with E-state index in [1.165, 1.54) is 36.0 Å². The number of aryl methyl sites for hydroxylation is 2. The average Bonchev–Trinajstić information content (AvgIpc) is 2.53. The summed E-state index contributed by atoms with van der Waals surface area (Å²) in [7, 11) is 0. The fraction of sp³-hybridized carbons (Fsp3) is 0.611. The Bertz CT molecular complexity index is 447. The van der Waals surface area contributed by atoms with Gasteiger partial charge in [0, 0.05) is 12.5 Å². The van der Waals surface area contributed by atoms with E-state index in [-0.39, 0.29) is 11.8 Å². The number of hydrogen-bond acceptors (Lipinski definition) is 1. The summed E-state index contributed by atoms with van der Waals surface area (Å²) in [6.07, 6.45) is 7.94. The van der Waals surface area contributed by atoms with Crippen molar-refractivity contribution in [1.29, 1.82) is 0 Å². The smallest absolute Gasteiger partial charge is 0.223 e. The second-order valence-electron chi connectivity index (χ2n) is 5.86. The van der Waals surface area contributed by atoms with Gasteiger partial charge in [-0.2, -0.15) is 0 Å². The van der Waals surface area contributed by atoms with Crippen molar-refractivity contribution >= 4 is 5.91 Å². The Balaban J connectivity index is 1.96. The molecule has 0 saturated heterocycles. The first-order valence-corrected chi connectivity index (χ1v) is 8.13. The largest absolute Gasteiger partial charge is 0.352 e. The van der Waals surface area contributed by atoms with Gasteiger partial charge in [-0.15, -0.1) is 0 Å². The molecule has 2 rings (SSSR count). The second-order valence-corrected chi connectivity index (χ2v) is 5.86. The third-order valence-electron chi connectivity index (χ3n) is 4.49. The van der Waals surface area contributed by atoms with Gasteiger partial charge >= 0.3 is 0 Å². The van der Waals surface area contributed by atoms with E-state index in [9.17, 15) is 4.79 Å². The molecule has 1 fully saturated rings. The molecule has 1 N–H and O–H groups in total. The topological polar surface area (TPSA) is 29.1 Å². The van der Waals surface area contributed by atoms with Crippen molar-refractivity contribution in [2.45, 2.75) is 65.3 Å². The highest BCUT2D eigenvalue weighted by Gasteiger charge is 2.20. The fourth-order valence-electron chi connectivity index (χ4n) is 3.10. The molecule has 1 aliphatic rings. The normalized spacial score (nSPS) is 16.1. The Kier molecular flexibility index (Phi) is 5.63. The van der Waals surface area contributed by atoms with Gasteiger partial charge in [0.25, 0.3) is 0 Å². The van der Waals surface area contributed by atoms with Crippen molar-refractivity contribution in [3.05, 3.63) is 34.9 Å². The highest BCUT2D eigenvalue weighted by molar-refractivity contribution is 5.78. The summed E-state index contributed by atoms with van der Waals surface area (Å²) in [5.74, 6) is 0.511. The summed E-state index contributed by atoms with van der Waals surface area (Å²) in [5, 5.41) is 3.16. The number of hydrogen-bond donors (Lipinski definition) is 1. The Morgan fingerprint density at radius 3 is 2.50 bits per heavy atom. The van der Waals surface area contributed by atoms with Gasteiger partial charge in [0.1, 0.15) is 0 Å². The van der Waals surface area contributed by atoms with Crippen LogP contribution in [0, 0.1) is 5.92 Å². The molecule has 0 aromatic heterocycles. The molecule has 2 nitrogen and oxygen atoms in total. The van der Waals surface area contributed by atoms with Gasteiger partial charge in [-0.3, -0.25) is 4.79 Å². The number of nitrogens with one attached hydrogen (secondary N) is 1. The van der Waals surface area contributed by atoms with Gasteiger partial charge in [-0.05, 0) is 42.4 Å². The highest BCUT2D eigenvalue weighted by atomic mass is 16.1. The molecule has 1 aromatic rings. The highest BCUT2D eigenvalue weighted by Crippen LogP contribution is 2.24. The first-order chi connectivity index (χ1) is 9.74. The molecular weight excluding hydrogens is 246 g/mol. The van der Waals surface area contributed by atoms with E-state index >= 15 is 0 Å². The van der Waals surface area contributed by atoms with Crippen molar-refractivity contribution in [1.82, 2.24) is 5.32 Å². The maximum Gasteiger partial charge on any atom is 0.223 e. The van der Waals surface area contributed by atoms with E-state index in [1.807, 2.05) is 0 Å². The summed E-state index contributed by atoms with van der Waals surface area (Å²) in [6.45, 7) is 5.03. The average molecular weight is 273 g/mol. The van der Waals surface area contributed by atoms with Gasteiger partial charge in [0.2, 0.25) is 5.91 Å². The van der Waals surface area contributed by atoms with E-state index in [1.54, 1.807) is 0 Å². The minimum atomic E-state index is 0.253. The van der Waals surface area contributed by atoms with Gasteiger partial charge < -0.3 is 5.32 Å². The molecule has 0 bridgehead atoms. The zero-order chi connectivity index (χ0) is 14.4. The minimum Gasteiger partial charge on any atom is -0.352 e. The molecule has 0 spiro atoms. The van der Waals surface area contributed by atoms with Crippen molar-refractivity contribution in [3.63, 3.8) is 0 Å². The lowest BCUT2D eigenvalue weighted by Crippen LogP contribution is -2.31. The van der Waals surface area contributed by atoms with Crippen LogP contribution in [-0.4, -0.2) is 5.91 Å². The predicted octanol–water partition coefficient (Wildman–Crippen LogP) is 4.01. The molecule has 0 atom stereocenters. The van der Waals surface area contributed by atoms with Crippen LogP contribution >= 0.6 is 0 Å². The molecule has 110 valence electrons. The van der Waals surface area contributed by atoms with Crippen LogP contribution in [0.2, 0.25) is 0 Å². The molecule has 1 amide bonds. The molecule has 2 heteroatoms. The van der Waals surface area contributed by atoms with Gasteiger partial charge in [0.15, 0.2) is 0 Å². The molecule has 0 unspecified atom stereocenters. The van der Waals surface area contributed by atoms with Crippen LogP contribution < -0.4 is 5.32 Å². The van der Waals surface area contributed by atoms with Crippen LogP contribution in [0.25, 0.3) is 0 Å². The van der Waals surface area contributed by atoms with E-state index in [0.29, 0.717) is 6.54 Å². The molecular formula is C18H27NO. The SMILES string of the molecule is CCc1ccc(CC)c(CNC(=O)C2CCCCC2)c1. The van der Waals surface area contributed by atoms with Crippen molar-refractivity contribution in [2.24, 2.45) is 5.92 Å². The summed E-state index contributed by atoms with van der Waals surface area (Å²) < 4.78 is 0. The van der Waals surface area contributed by atoms with Crippen LogP contribution in [-0.2, 0) is 24.2 Å². The number of benzene rings is 1. The second kappa shape index (κ2) is 7.47. The van der Waals surface area contributed by atoms with Crippen molar-refractivity contribution in [2.75, 3.05) is 0 Å². The quantitative estimate of drug-likeness (QED) is 0.863. The third kappa shape index (κ3) is 3.84. The number of carbonyl (C=O) groups excluding carboxylic acids is 1. The number of rotatable bonds is 5. The fourth-order valence-corrected chi connectivity index (χ4v) is 3.10. The predicted molar refractivity (Wildman–Crippen MR) is 83.6 cm³/mol. The van der Waals surface area contributed by atoms with E-state index in [2.05, 4.69) is 37.4 Å². The van der Waals surface area contributed by atoms with E-state index < -0.39 is 0 Å². The van der Waals surface area contributed by atoms with E-state index in [4.69, 9.17) is 0 Å². The van der Waals surface area contributed by atoms with Gasteiger partial charge in [-0.25, -0.2) is 0 Å². The lowest BCUT2D eigenvalue weighted by Gasteiger charge is -2.21. The summed E-state index contributed by atoms with van der Waals surface area (Å²) in [6, 6.07) is 6.66. The Labute approximate surface area is 123 Å². The zero-order valence-electron chi connectivity index (χ0n) is 12.9. The lowest BCUT2D eigenvalue weighted by molar-refractivity contribution is -0.126. The first-order valence-electron chi connectivity index (χ1n) is 8.13. The molecule has 0 aliphatic heterocycles. The van der Waals surface area contributed by atoms with Gasteiger partial charge in [0.05, 0.1) is 0 Å². The molecule has 1 aromatic carbocycles. The van der Waals surface area contributed by atoms with Gasteiger partial charge in [-0.1, -0.05) is 51.3 Å². The van der Waals surface area contributed by atoms with Crippen LogP contribution in [0.5, 0.6) is 0 Å². The molecule has 0 radical (unpaired) electrons. The molecule has 20 heavy (non-hydrogen) atoms. The standard InChI is InChI=1S/C18H27NO/c1-3-14-10-11-15(4-2)17(12-14)13-19-18(20)16-8-6-5-7-9-16/h10-12,16H,3-9,13H2,1-2H3,(H,19,20). The Morgan fingerprint density at radius 2 is 1.85 bits per heavy atom. The Morgan fingerprint density at radius 1 is 1.10 bits per heavy atom. The monoisotopic (exact) mass is 273 g/mol. The van der Waals surface area contributed by atoms with Crippen molar-refractivity contribution < 1.29 is 4.79 Å². The maximum absolute atomic E-state index is 12.2. The summed E-state index contributed by atoms with van der Waals surface area (Å²) >= 11 is 0. The summed E-state index contributed by atoms with van der Waals surface area (Å²) in [4.78, 5) is 12.2. The summed E-state index contributed by atoms with van der Waals surface area (Å²) in [5.41, 5.74) is 3.99. The maximum atomic E-state index is 12.2. The van der Waals surface area contributed by atoms with Crippen LogP contribution in [0.15, 0.2) is 18.2 Å². The number of amides is 1. The van der Waals surface area contributed by atoms with E-state index in [0.717, 1.165) is 25.7 Å². The number of carbonyl (C=O) groups is 1. The third-order valence-corrected chi connectivity index (χ3v) is 4.49. The molecule has 1 aliphatic carbocycles. The van der Waals surface area contributed by atoms with Crippen LogP contribution in [0.4, 0.5) is 0 Å². The molecule has 1 saturated carbocycles.